The summed E-state index contributed by atoms with van der Waals surface area (Å²) in [5, 5.41) is 3.28. The molecule has 132 valence electrons. The zero-order valence-electron chi connectivity index (χ0n) is 14.6. The summed E-state index contributed by atoms with van der Waals surface area (Å²) in [5.74, 6) is -0.668. The van der Waals surface area contributed by atoms with E-state index in [9.17, 15) is 9.59 Å². The molecule has 0 saturated heterocycles. The third-order valence-corrected chi connectivity index (χ3v) is 4.65. The maximum absolute atomic E-state index is 12.7. The maximum atomic E-state index is 12.7. The Kier molecular flexibility index (Phi) is 5.34. The summed E-state index contributed by atoms with van der Waals surface area (Å²) in [4.78, 5) is 25.4. The van der Waals surface area contributed by atoms with Crippen molar-refractivity contribution in [3.8, 4) is 0 Å². The van der Waals surface area contributed by atoms with Gasteiger partial charge in [0.2, 0.25) is 0 Å². The fraction of sp³-hybridized carbons (Fsp3) is 0.400. The molecule has 0 unspecified atom stereocenters. The van der Waals surface area contributed by atoms with Gasteiger partial charge in [-0.25, -0.2) is 4.79 Å². The first-order valence-corrected chi connectivity index (χ1v) is 8.58. The van der Waals surface area contributed by atoms with Crippen molar-refractivity contribution in [1.82, 2.24) is 5.32 Å². The van der Waals surface area contributed by atoms with Gasteiger partial charge < -0.3 is 14.8 Å². The lowest BCUT2D eigenvalue weighted by molar-refractivity contribution is -0.140. The third kappa shape index (κ3) is 3.51. The summed E-state index contributed by atoms with van der Waals surface area (Å²) >= 11 is 0. The average molecular weight is 341 g/mol. The van der Waals surface area contributed by atoms with Crippen LogP contribution in [0.4, 0.5) is 0 Å². The molecule has 1 aliphatic carbocycles. The van der Waals surface area contributed by atoms with Crippen LogP contribution < -0.4 is 5.32 Å². The molecule has 0 fully saturated rings. The number of nitrogens with one attached hydrogen (secondary N) is 1. The number of rotatable bonds is 5. The number of allylic oxidation sites excluding steroid dienone is 3. The van der Waals surface area contributed by atoms with Crippen LogP contribution in [0, 0.1) is 0 Å². The van der Waals surface area contributed by atoms with Crippen LogP contribution in [0.5, 0.6) is 0 Å². The molecule has 1 aromatic carbocycles. The predicted molar refractivity (Wildman–Crippen MR) is 93.7 cm³/mol. The number of carbonyl (C=O) groups excluding carboxylic acids is 2. The van der Waals surface area contributed by atoms with E-state index in [0.29, 0.717) is 24.2 Å². The molecule has 1 aromatic rings. The second-order valence-electron chi connectivity index (χ2n) is 6.31. The molecule has 1 N–H and O–H groups in total. The van der Waals surface area contributed by atoms with Crippen molar-refractivity contribution >= 4 is 11.8 Å². The Bertz CT molecular complexity index is 733. The average Bonchev–Trinajstić information content (AvgIpc) is 2.61. The second kappa shape index (κ2) is 7.66. The van der Waals surface area contributed by atoms with Gasteiger partial charge in [-0.3, -0.25) is 4.79 Å². The quantitative estimate of drug-likeness (QED) is 0.659. The molecule has 1 heterocycles. The Hall–Kier alpha value is -2.40. The van der Waals surface area contributed by atoms with E-state index in [1.165, 1.54) is 0 Å². The van der Waals surface area contributed by atoms with Crippen LogP contribution >= 0.6 is 0 Å². The Morgan fingerprint density at radius 1 is 1.20 bits per heavy atom. The van der Waals surface area contributed by atoms with Gasteiger partial charge >= 0.3 is 5.97 Å². The van der Waals surface area contributed by atoms with Crippen LogP contribution in [-0.2, 0) is 19.1 Å². The number of Topliss-reactive ketones (excluding diaryl/α,β-unsaturated/α-hetero) is 1. The smallest absolute Gasteiger partial charge is 0.336 e. The Morgan fingerprint density at radius 3 is 2.68 bits per heavy atom. The van der Waals surface area contributed by atoms with Crippen molar-refractivity contribution in [3.63, 3.8) is 0 Å². The molecule has 0 amide bonds. The van der Waals surface area contributed by atoms with Gasteiger partial charge in [0.25, 0.3) is 0 Å². The lowest BCUT2D eigenvalue weighted by Gasteiger charge is -2.34. The van der Waals surface area contributed by atoms with Crippen LogP contribution in [0.1, 0.15) is 37.7 Å². The van der Waals surface area contributed by atoms with Crippen molar-refractivity contribution in [3.05, 3.63) is 58.4 Å². The first kappa shape index (κ1) is 17.4. The zero-order valence-corrected chi connectivity index (χ0v) is 14.6. The standard InChI is InChI=1S/C20H23NO4/c1-13-17(20(23)25-12-11-24-2)18(14-7-4-3-5-8-14)19-15(21-13)9-6-10-16(19)22/h3-5,7-8,18,21H,6,9-12H2,1-2H3/t18-/m1/s1. The number of carbonyl (C=O) groups is 2. The van der Waals surface area contributed by atoms with Crippen molar-refractivity contribution in [2.75, 3.05) is 20.3 Å². The summed E-state index contributed by atoms with van der Waals surface area (Å²) < 4.78 is 10.3. The fourth-order valence-electron chi connectivity index (χ4n) is 3.53. The van der Waals surface area contributed by atoms with Gasteiger partial charge in [-0.05, 0) is 25.3 Å². The van der Waals surface area contributed by atoms with E-state index in [4.69, 9.17) is 9.47 Å². The predicted octanol–water partition coefficient (Wildman–Crippen LogP) is 2.84. The minimum Gasteiger partial charge on any atom is -0.460 e. The van der Waals surface area contributed by atoms with Gasteiger partial charge in [0.1, 0.15) is 6.61 Å². The van der Waals surface area contributed by atoms with Crippen LogP contribution in [-0.4, -0.2) is 32.1 Å². The SMILES string of the molecule is COCCOC(=O)C1=C(C)NC2=C(C(=O)CCC2)[C@@H]1c1ccccc1. The molecule has 1 atom stereocenters. The molecule has 0 saturated carbocycles. The second-order valence-corrected chi connectivity index (χ2v) is 6.31. The normalized spacial score (nSPS) is 20.2. The van der Waals surface area contributed by atoms with Gasteiger partial charge in [-0.15, -0.1) is 0 Å². The van der Waals surface area contributed by atoms with E-state index in [0.717, 1.165) is 29.8 Å². The summed E-state index contributed by atoms with van der Waals surface area (Å²) in [5.41, 5.74) is 3.85. The van der Waals surface area contributed by atoms with Crippen LogP contribution in [0.25, 0.3) is 0 Å². The zero-order chi connectivity index (χ0) is 17.8. The molecule has 5 heteroatoms. The largest absolute Gasteiger partial charge is 0.460 e. The van der Waals surface area contributed by atoms with E-state index in [1.807, 2.05) is 37.3 Å². The van der Waals surface area contributed by atoms with Crippen LogP contribution in [0.15, 0.2) is 52.9 Å². The fourth-order valence-corrected chi connectivity index (χ4v) is 3.53. The van der Waals surface area contributed by atoms with Crippen molar-refractivity contribution < 1.29 is 19.1 Å². The van der Waals surface area contributed by atoms with Crippen LogP contribution in [0.2, 0.25) is 0 Å². The monoisotopic (exact) mass is 341 g/mol. The first-order valence-electron chi connectivity index (χ1n) is 8.58. The number of methoxy groups -OCH3 is 1. The number of ether oxygens (including phenoxy) is 2. The molecule has 5 nitrogen and oxygen atoms in total. The third-order valence-electron chi connectivity index (χ3n) is 4.65. The first-order chi connectivity index (χ1) is 12.1. The van der Waals surface area contributed by atoms with Gasteiger partial charge in [0, 0.05) is 36.4 Å². The number of ketones is 1. The molecule has 0 bridgehead atoms. The number of esters is 1. The van der Waals surface area contributed by atoms with E-state index in [-0.39, 0.29) is 18.3 Å². The summed E-state index contributed by atoms with van der Waals surface area (Å²) in [6.07, 6.45) is 2.19. The van der Waals surface area contributed by atoms with E-state index >= 15 is 0 Å². The highest BCUT2D eigenvalue weighted by molar-refractivity contribution is 6.03. The Labute approximate surface area is 147 Å². The highest BCUT2D eigenvalue weighted by Gasteiger charge is 2.38. The van der Waals surface area contributed by atoms with Gasteiger partial charge in [0.15, 0.2) is 5.78 Å². The number of hydrogen-bond acceptors (Lipinski definition) is 5. The van der Waals surface area contributed by atoms with Crippen LogP contribution in [0.3, 0.4) is 0 Å². The van der Waals surface area contributed by atoms with Crippen molar-refractivity contribution in [1.29, 1.82) is 0 Å². The molecule has 1 aliphatic heterocycles. The highest BCUT2D eigenvalue weighted by atomic mass is 16.6. The Balaban J connectivity index is 2.02. The van der Waals surface area contributed by atoms with Crippen molar-refractivity contribution in [2.45, 2.75) is 32.1 Å². The Morgan fingerprint density at radius 2 is 1.96 bits per heavy atom. The molecule has 0 radical (unpaired) electrons. The minimum absolute atomic E-state index is 0.109. The number of benzene rings is 1. The molecule has 2 aliphatic rings. The molecule has 0 spiro atoms. The van der Waals surface area contributed by atoms with Crippen molar-refractivity contribution in [2.24, 2.45) is 0 Å². The maximum Gasteiger partial charge on any atom is 0.336 e. The van der Waals surface area contributed by atoms with E-state index in [1.54, 1.807) is 7.11 Å². The molecular formula is C20H23NO4. The summed E-state index contributed by atoms with van der Waals surface area (Å²) in [6.45, 7) is 2.40. The van der Waals surface area contributed by atoms with E-state index in [2.05, 4.69) is 5.32 Å². The van der Waals surface area contributed by atoms with Gasteiger partial charge in [-0.2, -0.15) is 0 Å². The van der Waals surface area contributed by atoms with Gasteiger partial charge in [-0.1, -0.05) is 30.3 Å². The lowest BCUT2D eigenvalue weighted by Crippen LogP contribution is -2.34. The van der Waals surface area contributed by atoms with Gasteiger partial charge in [0.05, 0.1) is 12.2 Å². The van der Waals surface area contributed by atoms with E-state index < -0.39 is 5.97 Å². The molecule has 25 heavy (non-hydrogen) atoms. The molecular weight excluding hydrogens is 318 g/mol. The topological polar surface area (TPSA) is 64.6 Å². The molecule has 3 rings (SSSR count). The summed E-state index contributed by atoms with van der Waals surface area (Å²) in [6, 6.07) is 9.69. The minimum atomic E-state index is -0.402. The number of hydrogen-bond donors (Lipinski definition) is 1. The summed E-state index contributed by atoms with van der Waals surface area (Å²) in [7, 11) is 1.56. The lowest BCUT2D eigenvalue weighted by atomic mass is 9.75. The molecule has 0 aromatic heterocycles. The highest BCUT2D eigenvalue weighted by Crippen LogP contribution is 2.42. The number of dihydropyridines is 1.